The average molecular weight is 259 g/mol. The van der Waals surface area contributed by atoms with Gasteiger partial charge in [0.05, 0.1) is 19.3 Å². The normalized spacial score (nSPS) is 27.6. The molecule has 1 aliphatic carbocycles. The average Bonchev–Trinajstić information content (AvgIpc) is 2.77. The zero-order chi connectivity index (χ0) is 13.4. The lowest BCUT2D eigenvalue weighted by atomic mass is 9.97. The van der Waals surface area contributed by atoms with Gasteiger partial charge in [0.25, 0.3) is 0 Å². The third-order valence-corrected chi connectivity index (χ3v) is 3.38. The van der Waals surface area contributed by atoms with Gasteiger partial charge in [0, 0.05) is 13.0 Å². The number of carbonyl (C=O) groups is 1. The number of hydrogen-bond acceptors (Lipinski definition) is 4. The van der Waals surface area contributed by atoms with Crippen LogP contribution in [0, 0.1) is 0 Å². The highest BCUT2D eigenvalue weighted by Gasteiger charge is 2.45. The fourth-order valence-electron chi connectivity index (χ4n) is 2.36. The van der Waals surface area contributed by atoms with Gasteiger partial charge in [-0.1, -0.05) is 6.92 Å². The molecule has 1 fully saturated rings. The summed E-state index contributed by atoms with van der Waals surface area (Å²) in [6, 6.07) is 0. The Morgan fingerprint density at radius 3 is 2.83 bits per heavy atom. The number of rotatable bonds is 9. The van der Waals surface area contributed by atoms with Crippen LogP contribution in [-0.2, 0) is 14.3 Å². The molecule has 0 heterocycles. The van der Waals surface area contributed by atoms with Gasteiger partial charge in [-0.05, 0) is 32.7 Å². The summed E-state index contributed by atoms with van der Waals surface area (Å²) in [5, 5.41) is 12.5. The highest BCUT2D eigenvalue weighted by Crippen LogP contribution is 2.32. The van der Waals surface area contributed by atoms with Gasteiger partial charge >= 0.3 is 5.97 Å². The molecule has 0 bridgehead atoms. The Hall–Kier alpha value is -0.650. The third-order valence-electron chi connectivity index (χ3n) is 3.38. The van der Waals surface area contributed by atoms with Crippen LogP contribution < -0.4 is 5.32 Å². The Kier molecular flexibility index (Phi) is 6.60. The smallest absolute Gasteiger partial charge is 0.323 e. The van der Waals surface area contributed by atoms with Gasteiger partial charge in [0.1, 0.15) is 5.54 Å². The number of nitrogens with one attached hydrogen (secondary N) is 1. The summed E-state index contributed by atoms with van der Waals surface area (Å²) in [6.45, 7) is 6.52. The predicted octanol–water partition coefficient (Wildman–Crippen LogP) is 1.41. The molecule has 0 aromatic rings. The molecule has 2 N–H and O–H groups in total. The molecule has 2 atom stereocenters. The number of aliphatic carboxylic acids is 1. The molecule has 2 unspecified atom stereocenters. The van der Waals surface area contributed by atoms with Crippen LogP contribution in [0.4, 0.5) is 0 Å². The molecule has 0 aromatic heterocycles. The van der Waals surface area contributed by atoms with E-state index in [0.29, 0.717) is 32.7 Å². The topological polar surface area (TPSA) is 67.8 Å². The Labute approximate surface area is 109 Å². The molecular weight excluding hydrogens is 234 g/mol. The molecule has 1 saturated carbocycles. The summed E-state index contributed by atoms with van der Waals surface area (Å²) in [5.41, 5.74) is -0.785. The Morgan fingerprint density at radius 1 is 1.44 bits per heavy atom. The molecule has 0 radical (unpaired) electrons. The summed E-state index contributed by atoms with van der Waals surface area (Å²) in [5.74, 6) is -0.758. The van der Waals surface area contributed by atoms with Crippen molar-refractivity contribution in [2.45, 2.75) is 51.2 Å². The second-order valence-corrected chi connectivity index (χ2v) is 4.75. The van der Waals surface area contributed by atoms with Crippen molar-refractivity contribution >= 4 is 5.97 Å². The molecule has 18 heavy (non-hydrogen) atoms. The SMILES string of the molecule is CCCNC1(C(=O)O)CCC(OCCOCC)C1. The quantitative estimate of drug-likeness (QED) is 0.613. The van der Waals surface area contributed by atoms with Crippen LogP contribution in [0.5, 0.6) is 0 Å². The van der Waals surface area contributed by atoms with Crippen molar-refractivity contribution in [3.05, 3.63) is 0 Å². The molecule has 106 valence electrons. The van der Waals surface area contributed by atoms with Gasteiger partial charge in [-0.3, -0.25) is 4.79 Å². The first-order valence-corrected chi connectivity index (χ1v) is 6.82. The maximum absolute atomic E-state index is 11.4. The van der Waals surface area contributed by atoms with Crippen LogP contribution in [0.3, 0.4) is 0 Å². The fourth-order valence-corrected chi connectivity index (χ4v) is 2.36. The summed E-state index contributed by atoms with van der Waals surface area (Å²) < 4.78 is 10.9. The second kappa shape index (κ2) is 7.71. The Balaban J connectivity index is 2.37. The maximum atomic E-state index is 11.4. The zero-order valence-electron chi connectivity index (χ0n) is 11.4. The van der Waals surface area contributed by atoms with Crippen molar-refractivity contribution < 1.29 is 19.4 Å². The number of ether oxygens (including phenoxy) is 2. The van der Waals surface area contributed by atoms with Crippen LogP contribution in [0.15, 0.2) is 0 Å². The van der Waals surface area contributed by atoms with E-state index in [1.807, 2.05) is 13.8 Å². The minimum absolute atomic E-state index is 0.0333. The van der Waals surface area contributed by atoms with Crippen molar-refractivity contribution in [1.29, 1.82) is 0 Å². The van der Waals surface area contributed by atoms with Gasteiger partial charge in [0.2, 0.25) is 0 Å². The number of hydrogen-bond donors (Lipinski definition) is 2. The summed E-state index contributed by atoms with van der Waals surface area (Å²) in [6.07, 6.45) is 2.96. The standard InChI is InChI=1S/C13H25NO4/c1-3-7-14-13(12(15)16)6-5-11(10-13)18-9-8-17-4-2/h11,14H,3-10H2,1-2H3,(H,15,16). The van der Waals surface area contributed by atoms with E-state index in [-0.39, 0.29) is 6.10 Å². The van der Waals surface area contributed by atoms with Crippen molar-refractivity contribution in [2.75, 3.05) is 26.4 Å². The Bertz CT molecular complexity index is 259. The first kappa shape index (κ1) is 15.4. The van der Waals surface area contributed by atoms with E-state index in [1.165, 1.54) is 0 Å². The minimum atomic E-state index is -0.785. The molecule has 5 nitrogen and oxygen atoms in total. The molecule has 0 aliphatic heterocycles. The van der Waals surface area contributed by atoms with Gasteiger partial charge in [0.15, 0.2) is 0 Å². The molecule has 0 spiro atoms. The van der Waals surface area contributed by atoms with Crippen LogP contribution >= 0.6 is 0 Å². The van der Waals surface area contributed by atoms with Gasteiger partial charge in [-0.25, -0.2) is 0 Å². The highest BCUT2D eigenvalue weighted by molar-refractivity contribution is 5.79. The molecule has 0 amide bonds. The van der Waals surface area contributed by atoms with Gasteiger partial charge < -0.3 is 19.9 Å². The third kappa shape index (κ3) is 4.23. The largest absolute Gasteiger partial charge is 0.480 e. The fraction of sp³-hybridized carbons (Fsp3) is 0.923. The summed E-state index contributed by atoms with van der Waals surface area (Å²) >= 11 is 0. The molecular formula is C13H25NO4. The van der Waals surface area contributed by atoms with Crippen molar-refractivity contribution in [3.8, 4) is 0 Å². The van der Waals surface area contributed by atoms with E-state index in [9.17, 15) is 9.90 Å². The summed E-state index contributed by atoms with van der Waals surface area (Å²) in [4.78, 5) is 11.4. The van der Waals surface area contributed by atoms with Crippen LogP contribution in [0.2, 0.25) is 0 Å². The maximum Gasteiger partial charge on any atom is 0.323 e. The van der Waals surface area contributed by atoms with E-state index in [4.69, 9.17) is 9.47 Å². The van der Waals surface area contributed by atoms with Gasteiger partial charge in [-0.2, -0.15) is 0 Å². The molecule has 1 rings (SSSR count). The van der Waals surface area contributed by atoms with Gasteiger partial charge in [-0.15, -0.1) is 0 Å². The van der Waals surface area contributed by atoms with E-state index in [1.54, 1.807) is 0 Å². The number of carboxylic acids is 1. The first-order valence-electron chi connectivity index (χ1n) is 6.82. The lowest BCUT2D eigenvalue weighted by Crippen LogP contribution is -2.50. The lowest BCUT2D eigenvalue weighted by molar-refractivity contribution is -0.145. The van der Waals surface area contributed by atoms with E-state index in [0.717, 1.165) is 19.4 Å². The van der Waals surface area contributed by atoms with Crippen molar-refractivity contribution in [1.82, 2.24) is 5.32 Å². The number of carboxylic acid groups (broad SMARTS) is 1. The van der Waals surface area contributed by atoms with E-state index >= 15 is 0 Å². The lowest BCUT2D eigenvalue weighted by Gasteiger charge is -2.25. The van der Waals surface area contributed by atoms with Crippen molar-refractivity contribution in [2.24, 2.45) is 0 Å². The van der Waals surface area contributed by atoms with Crippen molar-refractivity contribution in [3.63, 3.8) is 0 Å². The Morgan fingerprint density at radius 2 is 2.22 bits per heavy atom. The van der Waals surface area contributed by atoms with Crippen LogP contribution in [0.1, 0.15) is 39.5 Å². The monoisotopic (exact) mass is 259 g/mol. The zero-order valence-corrected chi connectivity index (χ0v) is 11.4. The predicted molar refractivity (Wildman–Crippen MR) is 68.7 cm³/mol. The van der Waals surface area contributed by atoms with Crippen LogP contribution in [0.25, 0.3) is 0 Å². The molecule has 5 heteroatoms. The molecule has 1 aliphatic rings. The molecule has 0 saturated heterocycles. The summed E-state index contributed by atoms with van der Waals surface area (Å²) in [7, 11) is 0. The molecule has 0 aromatic carbocycles. The first-order chi connectivity index (χ1) is 8.64. The van der Waals surface area contributed by atoms with E-state index < -0.39 is 11.5 Å². The van der Waals surface area contributed by atoms with Crippen LogP contribution in [-0.4, -0.2) is 49.1 Å². The second-order valence-electron chi connectivity index (χ2n) is 4.75. The highest BCUT2D eigenvalue weighted by atomic mass is 16.5. The minimum Gasteiger partial charge on any atom is -0.480 e. The van der Waals surface area contributed by atoms with E-state index in [2.05, 4.69) is 5.32 Å².